The molecule has 1 aliphatic carbocycles. The number of piperidine rings is 1. The predicted octanol–water partition coefficient (Wildman–Crippen LogP) is 6.39. The summed E-state index contributed by atoms with van der Waals surface area (Å²) in [6, 6.07) is 23.4. The molecule has 0 bridgehead atoms. The van der Waals surface area contributed by atoms with Crippen LogP contribution in [0.15, 0.2) is 66.7 Å². The second-order valence-electron chi connectivity index (χ2n) is 11.4. The second kappa shape index (κ2) is 10.3. The normalized spacial score (nSPS) is 24.5. The lowest BCUT2D eigenvalue weighted by Crippen LogP contribution is -2.56. The molecule has 2 fully saturated rings. The number of benzene rings is 3. The summed E-state index contributed by atoms with van der Waals surface area (Å²) >= 11 is 0. The summed E-state index contributed by atoms with van der Waals surface area (Å²) in [7, 11) is 4.00. The zero-order valence-electron chi connectivity index (χ0n) is 22.2. The Labute approximate surface area is 216 Å². The minimum absolute atomic E-state index is 0.0723. The Morgan fingerprint density at radius 3 is 2.64 bits per heavy atom. The summed E-state index contributed by atoms with van der Waals surface area (Å²) < 4.78 is 5.63. The Morgan fingerprint density at radius 2 is 1.86 bits per heavy atom. The monoisotopic (exact) mass is 484 g/mol. The number of hydrogen-bond acceptors (Lipinski definition) is 3. The highest BCUT2D eigenvalue weighted by molar-refractivity contribution is 5.98. The molecule has 4 heteroatoms. The number of nitrogens with zero attached hydrogens (tertiary/aromatic N) is 2. The maximum Gasteiger partial charge on any atom is 0.254 e. The number of carbonyl (C=O) groups excluding carboxylic acids is 1. The van der Waals surface area contributed by atoms with E-state index < -0.39 is 0 Å². The molecule has 0 spiro atoms. The minimum atomic E-state index is 0.0723. The lowest BCUT2D eigenvalue weighted by atomic mass is 9.57. The van der Waals surface area contributed by atoms with Gasteiger partial charge in [-0.05, 0) is 91.7 Å². The van der Waals surface area contributed by atoms with Crippen molar-refractivity contribution in [3.05, 3.63) is 77.9 Å². The topological polar surface area (TPSA) is 32.8 Å². The molecule has 3 aromatic rings. The summed E-state index contributed by atoms with van der Waals surface area (Å²) in [6.07, 6.45) is 4.35. The average Bonchev–Trinajstić information content (AvgIpc) is 2.90. The van der Waals surface area contributed by atoms with Gasteiger partial charge in [-0.1, -0.05) is 56.3 Å². The first-order chi connectivity index (χ1) is 17.4. The molecule has 36 heavy (non-hydrogen) atoms. The van der Waals surface area contributed by atoms with Crippen molar-refractivity contribution in [1.29, 1.82) is 0 Å². The van der Waals surface area contributed by atoms with Crippen molar-refractivity contribution >= 4 is 16.7 Å². The zero-order chi connectivity index (χ0) is 25.3. The molecule has 0 unspecified atom stereocenters. The van der Waals surface area contributed by atoms with E-state index in [2.05, 4.69) is 73.2 Å². The van der Waals surface area contributed by atoms with E-state index in [4.69, 9.17) is 4.74 Å². The van der Waals surface area contributed by atoms with E-state index in [1.165, 1.54) is 10.9 Å². The van der Waals surface area contributed by atoms with E-state index in [9.17, 15) is 4.79 Å². The minimum Gasteiger partial charge on any atom is -0.497 e. The number of carbonyl (C=O) groups is 1. The van der Waals surface area contributed by atoms with Crippen LogP contribution >= 0.6 is 0 Å². The molecule has 0 radical (unpaired) electrons. The van der Waals surface area contributed by atoms with Crippen LogP contribution in [0.3, 0.4) is 0 Å². The molecule has 3 atom stereocenters. The number of amides is 1. The largest absolute Gasteiger partial charge is 0.497 e. The summed E-state index contributed by atoms with van der Waals surface area (Å²) in [5.74, 6) is 2.10. The summed E-state index contributed by atoms with van der Waals surface area (Å²) in [5.41, 5.74) is 2.26. The molecule has 5 rings (SSSR count). The van der Waals surface area contributed by atoms with Crippen molar-refractivity contribution in [2.45, 2.75) is 51.0 Å². The quantitative estimate of drug-likeness (QED) is 0.406. The molecule has 0 N–H and O–H groups in total. The second-order valence-corrected chi connectivity index (χ2v) is 11.4. The van der Waals surface area contributed by atoms with Crippen molar-refractivity contribution in [3.8, 4) is 5.75 Å². The highest BCUT2D eigenvalue weighted by atomic mass is 16.5. The Bertz CT molecular complexity index is 1220. The highest BCUT2D eigenvalue weighted by Crippen LogP contribution is 2.50. The number of fused-ring (bicyclic) bond motifs is 2. The van der Waals surface area contributed by atoms with Crippen LogP contribution in [0.4, 0.5) is 0 Å². The van der Waals surface area contributed by atoms with Crippen LogP contribution in [-0.4, -0.2) is 55.5 Å². The van der Waals surface area contributed by atoms with Gasteiger partial charge in [-0.25, -0.2) is 0 Å². The summed E-state index contributed by atoms with van der Waals surface area (Å²) in [5, 5.41) is 2.30. The third kappa shape index (κ3) is 4.76. The maximum absolute atomic E-state index is 14.1. The maximum atomic E-state index is 14.1. The van der Waals surface area contributed by atoms with Gasteiger partial charge in [0.05, 0.1) is 7.11 Å². The Hall–Kier alpha value is -2.85. The molecule has 0 aromatic heterocycles. The van der Waals surface area contributed by atoms with Gasteiger partial charge in [0.2, 0.25) is 0 Å². The summed E-state index contributed by atoms with van der Waals surface area (Å²) in [4.78, 5) is 18.8. The molecule has 1 saturated carbocycles. The molecule has 4 nitrogen and oxygen atoms in total. The molecule has 190 valence electrons. The number of methoxy groups -OCH3 is 1. The van der Waals surface area contributed by atoms with Crippen molar-refractivity contribution in [1.82, 2.24) is 9.80 Å². The van der Waals surface area contributed by atoms with Crippen LogP contribution in [0.5, 0.6) is 5.75 Å². The third-order valence-electron chi connectivity index (χ3n) is 8.61. The van der Waals surface area contributed by atoms with Gasteiger partial charge in [-0.2, -0.15) is 0 Å². The predicted molar refractivity (Wildman–Crippen MR) is 148 cm³/mol. The van der Waals surface area contributed by atoms with Gasteiger partial charge in [0.15, 0.2) is 0 Å². The molecule has 1 amide bonds. The van der Waals surface area contributed by atoms with Crippen LogP contribution < -0.4 is 4.74 Å². The first-order valence-corrected chi connectivity index (χ1v) is 13.5. The smallest absolute Gasteiger partial charge is 0.254 e. The first kappa shape index (κ1) is 24.8. The van der Waals surface area contributed by atoms with Gasteiger partial charge < -0.3 is 14.5 Å². The Kier molecular flexibility index (Phi) is 7.07. The Morgan fingerprint density at radius 1 is 1.06 bits per heavy atom. The lowest BCUT2D eigenvalue weighted by Gasteiger charge is -2.54. The van der Waals surface area contributed by atoms with Crippen molar-refractivity contribution < 1.29 is 9.53 Å². The van der Waals surface area contributed by atoms with E-state index in [0.29, 0.717) is 11.8 Å². The van der Waals surface area contributed by atoms with Gasteiger partial charge in [-0.15, -0.1) is 0 Å². The van der Waals surface area contributed by atoms with E-state index in [-0.39, 0.29) is 17.4 Å². The van der Waals surface area contributed by atoms with Gasteiger partial charge in [0.1, 0.15) is 5.75 Å². The fourth-order valence-corrected chi connectivity index (χ4v) is 6.77. The Balaban J connectivity index is 1.50. The third-order valence-corrected chi connectivity index (χ3v) is 8.61. The molecule has 3 aromatic carbocycles. The number of hydrogen-bond donors (Lipinski definition) is 0. The molecular formula is C32H40N2O2. The van der Waals surface area contributed by atoms with E-state index in [1.807, 2.05) is 24.3 Å². The lowest BCUT2D eigenvalue weighted by molar-refractivity contribution is 0.0170. The fourth-order valence-electron chi connectivity index (χ4n) is 6.77. The highest BCUT2D eigenvalue weighted by Gasteiger charge is 2.49. The van der Waals surface area contributed by atoms with Crippen LogP contribution in [0.1, 0.15) is 55.5 Å². The standard InChI is InChI=1S/C32H40N2O2/c1-23(2)21-34(31(35)26-13-12-24-8-5-6-9-25(24)18-26)29-15-14-28-22-33(3)17-16-32(28,20-29)27-10-7-11-30(19-27)36-4/h5-13,18-19,23,28-29H,14-17,20-22H2,1-4H3/t28-,29-,32+/m1/s1. The molecular weight excluding hydrogens is 444 g/mol. The van der Waals surface area contributed by atoms with Crippen molar-refractivity contribution in [2.24, 2.45) is 11.8 Å². The van der Waals surface area contributed by atoms with E-state index >= 15 is 0 Å². The molecule has 1 aliphatic heterocycles. The van der Waals surface area contributed by atoms with E-state index in [1.54, 1.807) is 7.11 Å². The van der Waals surface area contributed by atoms with Crippen LogP contribution in [-0.2, 0) is 5.41 Å². The number of ether oxygens (including phenoxy) is 1. The SMILES string of the molecule is COc1cccc([C@@]23CCN(C)C[C@H]2CC[C@@H](N(CC(C)C)C(=O)c2ccc4ccccc4c2)C3)c1. The van der Waals surface area contributed by atoms with Crippen LogP contribution in [0.25, 0.3) is 10.8 Å². The van der Waals surface area contributed by atoms with Gasteiger partial charge in [0, 0.05) is 30.1 Å². The van der Waals surface area contributed by atoms with Crippen molar-refractivity contribution in [2.75, 3.05) is 33.8 Å². The molecule has 1 heterocycles. The van der Waals surface area contributed by atoms with Crippen LogP contribution in [0.2, 0.25) is 0 Å². The summed E-state index contributed by atoms with van der Waals surface area (Å²) in [6.45, 7) is 7.43. The zero-order valence-corrected chi connectivity index (χ0v) is 22.2. The van der Waals surface area contributed by atoms with Gasteiger partial charge in [-0.3, -0.25) is 4.79 Å². The fraction of sp³-hybridized carbons (Fsp3) is 0.469. The van der Waals surface area contributed by atoms with Crippen molar-refractivity contribution in [3.63, 3.8) is 0 Å². The average molecular weight is 485 g/mol. The number of likely N-dealkylation sites (tertiary alicyclic amines) is 1. The van der Waals surface area contributed by atoms with E-state index in [0.717, 1.165) is 62.0 Å². The number of rotatable bonds is 6. The van der Waals surface area contributed by atoms with Gasteiger partial charge >= 0.3 is 0 Å². The molecule has 1 saturated heterocycles. The first-order valence-electron chi connectivity index (χ1n) is 13.5. The van der Waals surface area contributed by atoms with Crippen LogP contribution in [0, 0.1) is 11.8 Å². The molecule has 2 aliphatic rings. The van der Waals surface area contributed by atoms with Gasteiger partial charge in [0.25, 0.3) is 5.91 Å².